The lowest BCUT2D eigenvalue weighted by atomic mass is 10.0. The normalized spacial score (nSPS) is 17.4. The Hall–Kier alpha value is -1.25. The monoisotopic (exact) mass is 632 g/mol. The van der Waals surface area contributed by atoms with Crippen LogP contribution >= 0.6 is 7.82 Å². The highest BCUT2D eigenvalue weighted by atomic mass is 31.2. The van der Waals surface area contributed by atoms with Gasteiger partial charge in [0.2, 0.25) is 0 Å². The third kappa shape index (κ3) is 25.7. The van der Waals surface area contributed by atoms with Gasteiger partial charge in [-0.05, 0) is 44.4 Å². The highest BCUT2D eigenvalue weighted by Gasteiger charge is 2.36. The van der Waals surface area contributed by atoms with Gasteiger partial charge < -0.3 is 24.0 Å². The number of carbonyl (C=O) groups excluding carboxylic acids is 2. The molecule has 2 N–H and O–H groups in total. The fourth-order valence-corrected chi connectivity index (χ4v) is 5.33. The van der Waals surface area contributed by atoms with Gasteiger partial charge in [0, 0.05) is 12.8 Å². The van der Waals surface area contributed by atoms with Gasteiger partial charge in [0.05, 0.1) is 18.8 Å². The summed E-state index contributed by atoms with van der Waals surface area (Å²) in [6.07, 6.45) is 24.2. The Morgan fingerprint density at radius 2 is 1.42 bits per heavy atom. The molecule has 0 amide bonds. The summed E-state index contributed by atoms with van der Waals surface area (Å²) in [6.45, 7) is 5.84. The number of hydrogen-bond acceptors (Lipinski definition) is 7. The van der Waals surface area contributed by atoms with Crippen LogP contribution in [0.5, 0.6) is 0 Å². The summed E-state index contributed by atoms with van der Waals surface area (Å²) in [7, 11) is -4.75. The molecule has 0 aliphatic carbocycles. The zero-order valence-electron chi connectivity index (χ0n) is 27.2. The molecule has 0 spiro atoms. The molecule has 252 valence electrons. The van der Waals surface area contributed by atoms with E-state index in [2.05, 4.69) is 37.4 Å². The number of unbranched alkanes of at least 4 members (excludes halogenated alkanes) is 12. The van der Waals surface area contributed by atoms with E-state index in [1.54, 1.807) is 0 Å². The molecule has 1 saturated heterocycles. The highest BCUT2D eigenvalue weighted by Crippen LogP contribution is 2.36. The Labute approximate surface area is 261 Å². The van der Waals surface area contributed by atoms with Crippen molar-refractivity contribution in [2.24, 2.45) is 5.92 Å². The molecule has 2 unspecified atom stereocenters. The van der Waals surface area contributed by atoms with Gasteiger partial charge in [-0.3, -0.25) is 14.1 Å². The zero-order valence-corrected chi connectivity index (χ0v) is 28.1. The summed E-state index contributed by atoms with van der Waals surface area (Å²) in [4.78, 5) is 42.5. The Bertz CT molecular complexity index is 795. The molecular formula is C33H61O9P. The molecule has 0 radical (unpaired) electrons. The number of phosphoric acid groups is 1. The third-order valence-electron chi connectivity index (χ3n) is 7.64. The van der Waals surface area contributed by atoms with Crippen molar-refractivity contribution in [1.82, 2.24) is 0 Å². The molecule has 1 heterocycles. The second kappa shape index (κ2) is 25.0. The van der Waals surface area contributed by atoms with E-state index in [9.17, 15) is 14.2 Å². The van der Waals surface area contributed by atoms with Crippen LogP contribution in [-0.2, 0) is 32.9 Å². The van der Waals surface area contributed by atoms with Crippen LogP contribution in [0.1, 0.15) is 149 Å². The SMILES string of the molecule is CCCCCC1OC1C/C=C\CCCCCCCC(=O)OC[C@H](COP(=O)(O)O)OC(=O)CCCCCCCCC(C)C. The Morgan fingerprint density at radius 3 is 2.07 bits per heavy atom. The van der Waals surface area contributed by atoms with Gasteiger partial charge in [-0.25, -0.2) is 4.57 Å². The highest BCUT2D eigenvalue weighted by molar-refractivity contribution is 7.46. The van der Waals surface area contributed by atoms with Crippen molar-refractivity contribution in [3.63, 3.8) is 0 Å². The summed E-state index contributed by atoms with van der Waals surface area (Å²) in [5, 5.41) is 0. The molecule has 0 bridgehead atoms. The third-order valence-corrected chi connectivity index (χ3v) is 8.12. The second-order valence-electron chi connectivity index (χ2n) is 12.4. The van der Waals surface area contributed by atoms with Crippen LogP contribution in [0.15, 0.2) is 12.2 Å². The molecular weight excluding hydrogens is 571 g/mol. The maximum atomic E-state index is 12.3. The summed E-state index contributed by atoms with van der Waals surface area (Å²) in [5.74, 6) is -0.184. The van der Waals surface area contributed by atoms with E-state index in [4.69, 9.17) is 24.0 Å². The number of carbonyl (C=O) groups is 2. The molecule has 0 aromatic rings. The minimum absolute atomic E-state index is 0.205. The number of allylic oxidation sites excluding steroid dienone is 1. The zero-order chi connectivity index (χ0) is 31.8. The van der Waals surface area contributed by atoms with Gasteiger partial charge in [0.25, 0.3) is 0 Å². The van der Waals surface area contributed by atoms with E-state index in [1.165, 1.54) is 44.9 Å². The van der Waals surface area contributed by atoms with Crippen molar-refractivity contribution < 1.29 is 42.7 Å². The predicted octanol–water partition coefficient (Wildman–Crippen LogP) is 8.35. The van der Waals surface area contributed by atoms with Crippen molar-refractivity contribution >= 4 is 19.8 Å². The fraction of sp³-hybridized carbons (Fsp3) is 0.879. The smallest absolute Gasteiger partial charge is 0.462 e. The maximum absolute atomic E-state index is 12.3. The summed E-state index contributed by atoms with van der Waals surface area (Å²) < 4.78 is 31.9. The van der Waals surface area contributed by atoms with Crippen molar-refractivity contribution in [3.8, 4) is 0 Å². The average molecular weight is 633 g/mol. The standard InChI is InChI=1S/C33H61O9P/c1-4-5-16-22-30-31(42-30)23-18-13-8-6-7-9-14-19-24-32(34)39-26-29(27-40-43(36,37)38)41-33(35)25-20-15-11-10-12-17-21-28(2)3/h13,18,28-31H,4-12,14-17,19-27H2,1-3H3,(H2,36,37,38)/b18-13-/t29-,30?,31?/m1/s1. The number of epoxide rings is 1. The largest absolute Gasteiger partial charge is 0.469 e. The quantitative estimate of drug-likeness (QED) is 0.0274. The number of rotatable bonds is 29. The van der Waals surface area contributed by atoms with Crippen LogP contribution in [0, 0.1) is 5.92 Å². The van der Waals surface area contributed by atoms with Crippen LogP contribution in [0.2, 0.25) is 0 Å². The number of esters is 2. The molecule has 0 aromatic carbocycles. The second-order valence-corrected chi connectivity index (χ2v) is 13.6. The first kappa shape index (κ1) is 39.8. The van der Waals surface area contributed by atoms with E-state index < -0.39 is 32.5 Å². The molecule has 3 atom stereocenters. The van der Waals surface area contributed by atoms with E-state index in [-0.39, 0.29) is 19.4 Å². The Kier molecular flexibility index (Phi) is 23.1. The van der Waals surface area contributed by atoms with Crippen molar-refractivity contribution in [1.29, 1.82) is 0 Å². The molecule has 9 nitrogen and oxygen atoms in total. The molecule has 1 fully saturated rings. The van der Waals surface area contributed by atoms with Gasteiger partial charge in [0.1, 0.15) is 6.61 Å². The van der Waals surface area contributed by atoms with Crippen molar-refractivity contribution in [2.45, 2.75) is 167 Å². The minimum atomic E-state index is -4.75. The Balaban J connectivity index is 2.11. The molecule has 10 heteroatoms. The van der Waals surface area contributed by atoms with E-state index in [0.29, 0.717) is 25.0 Å². The fourth-order valence-electron chi connectivity index (χ4n) is 4.97. The lowest BCUT2D eigenvalue weighted by Crippen LogP contribution is -2.29. The molecule has 0 aromatic heterocycles. The topological polar surface area (TPSA) is 132 Å². The van der Waals surface area contributed by atoms with E-state index >= 15 is 0 Å². The summed E-state index contributed by atoms with van der Waals surface area (Å²) >= 11 is 0. The maximum Gasteiger partial charge on any atom is 0.469 e. The van der Waals surface area contributed by atoms with Crippen LogP contribution in [-0.4, -0.2) is 53.3 Å². The summed E-state index contributed by atoms with van der Waals surface area (Å²) in [5.41, 5.74) is 0. The molecule has 43 heavy (non-hydrogen) atoms. The number of hydrogen-bond donors (Lipinski definition) is 2. The van der Waals surface area contributed by atoms with Crippen LogP contribution in [0.25, 0.3) is 0 Å². The van der Waals surface area contributed by atoms with E-state index in [1.807, 2.05) is 0 Å². The molecule has 1 aliphatic rings. The van der Waals surface area contributed by atoms with Crippen molar-refractivity contribution in [2.75, 3.05) is 13.2 Å². The predicted molar refractivity (Wildman–Crippen MR) is 169 cm³/mol. The first-order valence-corrected chi connectivity index (χ1v) is 18.5. The van der Waals surface area contributed by atoms with Crippen LogP contribution < -0.4 is 0 Å². The average Bonchev–Trinajstić information content (AvgIpc) is 3.70. The van der Waals surface area contributed by atoms with Gasteiger partial charge in [-0.15, -0.1) is 0 Å². The molecule has 1 aliphatic heterocycles. The van der Waals surface area contributed by atoms with E-state index in [0.717, 1.165) is 63.7 Å². The van der Waals surface area contributed by atoms with Crippen molar-refractivity contribution in [3.05, 3.63) is 12.2 Å². The lowest BCUT2D eigenvalue weighted by Gasteiger charge is -2.18. The van der Waals surface area contributed by atoms with Gasteiger partial charge in [-0.2, -0.15) is 0 Å². The van der Waals surface area contributed by atoms with Gasteiger partial charge in [-0.1, -0.05) is 110 Å². The first-order chi connectivity index (χ1) is 20.6. The van der Waals surface area contributed by atoms with Gasteiger partial charge >= 0.3 is 19.8 Å². The molecule has 0 saturated carbocycles. The Morgan fingerprint density at radius 1 is 0.791 bits per heavy atom. The minimum Gasteiger partial charge on any atom is -0.462 e. The first-order valence-electron chi connectivity index (χ1n) is 17.0. The van der Waals surface area contributed by atoms with Crippen LogP contribution in [0.4, 0.5) is 0 Å². The van der Waals surface area contributed by atoms with Crippen LogP contribution in [0.3, 0.4) is 0 Å². The number of ether oxygens (including phenoxy) is 3. The van der Waals surface area contributed by atoms with Gasteiger partial charge in [0.15, 0.2) is 6.10 Å². The summed E-state index contributed by atoms with van der Waals surface area (Å²) in [6, 6.07) is 0. The molecule has 1 rings (SSSR count). The number of phosphoric ester groups is 1. The lowest BCUT2D eigenvalue weighted by molar-refractivity contribution is -0.161.